The lowest BCUT2D eigenvalue weighted by Crippen LogP contribution is -2.29. The predicted molar refractivity (Wildman–Crippen MR) is 404 cm³/mol. The summed E-state index contributed by atoms with van der Waals surface area (Å²) in [6.45, 7) is 3.68. The van der Waals surface area contributed by atoms with Gasteiger partial charge in [-0.2, -0.15) is 0 Å². The highest BCUT2D eigenvalue weighted by atomic mass is 31.2. The highest BCUT2D eigenvalue weighted by Gasteiger charge is 2.26. The largest absolute Gasteiger partial charge is 0.472 e. The molecule has 0 aromatic rings. The van der Waals surface area contributed by atoms with Crippen LogP contribution in [0.1, 0.15) is 373 Å². The maximum atomic E-state index is 12.8. The Balaban J connectivity index is 3.83. The van der Waals surface area contributed by atoms with E-state index in [1.54, 1.807) is 0 Å². The van der Waals surface area contributed by atoms with Gasteiger partial charge in [-0.1, -0.05) is 367 Å². The summed E-state index contributed by atoms with van der Waals surface area (Å²) >= 11 is 0. The van der Waals surface area contributed by atoms with Crippen molar-refractivity contribution in [3.8, 4) is 0 Å². The molecule has 2 unspecified atom stereocenters. The van der Waals surface area contributed by atoms with E-state index in [1.165, 1.54) is 250 Å². The Kier molecular flexibility index (Phi) is 74.9. The lowest BCUT2D eigenvalue weighted by atomic mass is 10.0. The van der Waals surface area contributed by atoms with E-state index in [0.717, 1.165) is 89.9 Å². The maximum Gasteiger partial charge on any atom is 0.472 e. The minimum atomic E-state index is -4.40. The first-order chi connectivity index (χ1) is 45.8. The van der Waals surface area contributed by atoms with Crippen molar-refractivity contribution in [2.45, 2.75) is 380 Å². The molecule has 0 saturated carbocycles. The third kappa shape index (κ3) is 77.6. The first-order valence-corrected chi connectivity index (χ1v) is 40.9. The minimum absolute atomic E-state index is 0.0517. The highest BCUT2D eigenvalue weighted by Crippen LogP contribution is 2.43. The Bertz CT molecular complexity index is 1900. The van der Waals surface area contributed by atoms with E-state index in [0.29, 0.717) is 6.42 Å². The first kappa shape index (κ1) is 89.7. The van der Waals surface area contributed by atoms with Gasteiger partial charge in [0.1, 0.15) is 6.61 Å². The Labute approximate surface area is 575 Å². The van der Waals surface area contributed by atoms with Crippen LogP contribution in [-0.2, 0) is 32.7 Å². The molecular formula is C83H148NO8P. The van der Waals surface area contributed by atoms with Gasteiger partial charge >= 0.3 is 19.8 Å². The van der Waals surface area contributed by atoms with Gasteiger partial charge in [-0.25, -0.2) is 4.57 Å². The fourth-order valence-electron chi connectivity index (χ4n) is 11.4. The molecular weight excluding hydrogens is 1170 g/mol. The zero-order valence-electron chi connectivity index (χ0n) is 60.7. The van der Waals surface area contributed by atoms with E-state index >= 15 is 0 Å². The number of hydrogen-bond acceptors (Lipinski definition) is 8. The van der Waals surface area contributed by atoms with Crippen molar-refractivity contribution in [2.24, 2.45) is 5.73 Å². The third-order valence-corrected chi connectivity index (χ3v) is 18.1. The molecule has 0 rings (SSSR count). The SMILES string of the molecule is CC/C=C\C/C=C\C/C=C\C/C=C\C/C=C\C/C=C\C/C=C\C/C=C\CCCCCCCCCCCCCCCCC(=O)OC(COC(=O)CCCCCCCCCCCCCCCCCCCCCCC/C=C\CCCCCCCCCC)COP(=O)(O)OCCN. The number of rotatable bonds is 74. The molecule has 9 nitrogen and oxygen atoms in total. The van der Waals surface area contributed by atoms with Crippen LogP contribution < -0.4 is 5.73 Å². The number of allylic oxidation sites excluding steroid dienone is 18. The van der Waals surface area contributed by atoms with E-state index in [-0.39, 0.29) is 38.6 Å². The Morgan fingerprint density at radius 3 is 0.892 bits per heavy atom. The number of phosphoric acid groups is 1. The average molecular weight is 1320 g/mol. The molecule has 0 aliphatic rings. The second-order valence-electron chi connectivity index (χ2n) is 26.2. The van der Waals surface area contributed by atoms with E-state index in [2.05, 4.69) is 123 Å². The molecule has 3 N–H and O–H groups in total. The molecule has 0 saturated heterocycles. The van der Waals surface area contributed by atoms with E-state index < -0.39 is 26.5 Å². The molecule has 0 radical (unpaired) electrons. The van der Waals surface area contributed by atoms with Gasteiger partial charge in [0.25, 0.3) is 0 Å². The zero-order valence-corrected chi connectivity index (χ0v) is 61.6. The van der Waals surface area contributed by atoms with Gasteiger partial charge in [0.2, 0.25) is 0 Å². The molecule has 0 aliphatic heterocycles. The van der Waals surface area contributed by atoms with Crippen LogP contribution in [0.25, 0.3) is 0 Å². The zero-order chi connectivity index (χ0) is 67.2. The average Bonchev–Trinajstić information content (AvgIpc) is 3.60. The van der Waals surface area contributed by atoms with Gasteiger partial charge in [-0.3, -0.25) is 18.6 Å². The molecule has 93 heavy (non-hydrogen) atoms. The summed E-state index contributed by atoms with van der Waals surface area (Å²) in [5.41, 5.74) is 5.41. The van der Waals surface area contributed by atoms with Crippen LogP contribution in [-0.4, -0.2) is 49.3 Å². The molecule has 0 fully saturated rings. The summed E-state index contributed by atoms with van der Waals surface area (Å²) in [6.07, 6.45) is 108. The fourth-order valence-corrected chi connectivity index (χ4v) is 12.1. The number of esters is 2. The third-order valence-electron chi connectivity index (χ3n) is 17.1. The Hall–Kier alpha value is -3.33. The molecule has 2 atom stereocenters. The van der Waals surface area contributed by atoms with Crippen LogP contribution in [0.15, 0.2) is 109 Å². The summed E-state index contributed by atoms with van der Waals surface area (Å²) < 4.78 is 33.3. The molecule has 0 spiro atoms. The first-order valence-electron chi connectivity index (χ1n) is 39.4. The fraction of sp³-hybridized carbons (Fsp3) is 0.759. The summed E-state index contributed by atoms with van der Waals surface area (Å²) in [6, 6.07) is 0. The van der Waals surface area contributed by atoms with Crippen LogP contribution in [0.3, 0.4) is 0 Å². The monoisotopic (exact) mass is 1320 g/mol. The van der Waals surface area contributed by atoms with Crippen LogP contribution in [0.2, 0.25) is 0 Å². The lowest BCUT2D eigenvalue weighted by molar-refractivity contribution is -0.161. The lowest BCUT2D eigenvalue weighted by Gasteiger charge is -2.19. The van der Waals surface area contributed by atoms with Crippen LogP contribution >= 0.6 is 7.82 Å². The quantitative estimate of drug-likeness (QED) is 0.0264. The second kappa shape index (κ2) is 77.7. The van der Waals surface area contributed by atoms with Crippen molar-refractivity contribution in [3.05, 3.63) is 109 Å². The van der Waals surface area contributed by atoms with Gasteiger partial charge in [0.05, 0.1) is 13.2 Å². The molecule has 0 aromatic carbocycles. The molecule has 0 aromatic heterocycles. The summed E-state index contributed by atoms with van der Waals surface area (Å²) in [7, 11) is -4.40. The van der Waals surface area contributed by atoms with Crippen molar-refractivity contribution >= 4 is 19.8 Å². The molecule has 0 heterocycles. The number of unbranched alkanes of at least 4 members (excludes halogenated alkanes) is 43. The molecule has 538 valence electrons. The Morgan fingerprint density at radius 1 is 0.333 bits per heavy atom. The van der Waals surface area contributed by atoms with Crippen molar-refractivity contribution < 1.29 is 37.6 Å². The number of nitrogens with two attached hydrogens (primary N) is 1. The van der Waals surface area contributed by atoms with Crippen molar-refractivity contribution in [1.29, 1.82) is 0 Å². The summed E-state index contributed by atoms with van der Waals surface area (Å²) in [4.78, 5) is 35.5. The van der Waals surface area contributed by atoms with Crippen LogP contribution in [0.4, 0.5) is 0 Å². The van der Waals surface area contributed by atoms with Gasteiger partial charge in [0, 0.05) is 19.4 Å². The predicted octanol–water partition coefficient (Wildman–Crippen LogP) is 26.4. The molecule has 0 aliphatic carbocycles. The van der Waals surface area contributed by atoms with Gasteiger partial charge < -0.3 is 20.1 Å². The van der Waals surface area contributed by atoms with E-state index in [9.17, 15) is 19.0 Å². The van der Waals surface area contributed by atoms with Crippen molar-refractivity contribution in [1.82, 2.24) is 0 Å². The van der Waals surface area contributed by atoms with Crippen molar-refractivity contribution in [2.75, 3.05) is 26.4 Å². The number of carbonyl (C=O) groups excluding carboxylic acids is 2. The number of ether oxygens (including phenoxy) is 2. The minimum Gasteiger partial charge on any atom is -0.462 e. The normalized spacial score (nSPS) is 13.5. The van der Waals surface area contributed by atoms with Gasteiger partial charge in [0.15, 0.2) is 6.10 Å². The van der Waals surface area contributed by atoms with Gasteiger partial charge in [-0.05, 0) is 103 Å². The number of phosphoric ester groups is 1. The highest BCUT2D eigenvalue weighted by molar-refractivity contribution is 7.47. The van der Waals surface area contributed by atoms with Crippen molar-refractivity contribution in [3.63, 3.8) is 0 Å². The summed E-state index contributed by atoms with van der Waals surface area (Å²) in [5.74, 6) is -0.815. The number of hydrogen-bond donors (Lipinski definition) is 2. The maximum absolute atomic E-state index is 12.8. The van der Waals surface area contributed by atoms with E-state index in [4.69, 9.17) is 24.3 Å². The van der Waals surface area contributed by atoms with Gasteiger partial charge in [-0.15, -0.1) is 0 Å². The standard InChI is InChI=1S/C83H148NO8P/c1-3-5-7-9-11-13-15-17-19-21-23-25-27-29-31-33-35-37-38-39-40-41-42-44-46-48-50-52-54-56-58-60-62-64-66-68-70-72-74-76-83(86)92-81(80-91-93(87,88)90-78-77-84)79-89-82(85)75-73-71-69-67-65-63-61-59-57-55-53-51-49-47-45-43-36-34-32-30-28-26-24-22-20-18-16-14-12-10-8-6-4-2/h5,7,11,13,17,19,22-25,29,31,35,37,39-40,42,44,81H,3-4,6,8-10,12,14-16,18,20-21,26-28,30,32-34,36,38,41,43,45-80,84H2,1-2H3,(H,87,88)/b7-5-,13-11-,19-17-,24-22-,25-23-,31-29-,37-35-,40-39-,44-42-. The summed E-state index contributed by atoms with van der Waals surface area (Å²) in [5, 5.41) is 0. The number of carbonyl (C=O) groups is 2. The topological polar surface area (TPSA) is 134 Å². The molecule has 0 bridgehead atoms. The molecule has 0 amide bonds. The second-order valence-corrected chi connectivity index (χ2v) is 27.7. The Morgan fingerprint density at radius 2 is 0.591 bits per heavy atom. The van der Waals surface area contributed by atoms with E-state index in [1.807, 2.05) is 0 Å². The molecule has 10 heteroatoms. The smallest absolute Gasteiger partial charge is 0.462 e. The van der Waals surface area contributed by atoms with Crippen LogP contribution in [0.5, 0.6) is 0 Å². The van der Waals surface area contributed by atoms with Crippen LogP contribution in [0, 0.1) is 0 Å².